The Hall–Kier alpha value is -2.37. The van der Waals surface area contributed by atoms with Crippen molar-refractivity contribution in [2.75, 3.05) is 25.6 Å². The van der Waals surface area contributed by atoms with Gasteiger partial charge in [0, 0.05) is 21.8 Å². The summed E-state index contributed by atoms with van der Waals surface area (Å²) in [4.78, 5) is 30.0. The van der Waals surface area contributed by atoms with Crippen LogP contribution in [0.1, 0.15) is 107 Å². The van der Waals surface area contributed by atoms with Crippen LogP contribution in [0.4, 0.5) is 5.95 Å². The van der Waals surface area contributed by atoms with Gasteiger partial charge in [0.25, 0.3) is 5.95 Å². The number of nitrogens with zero attached hydrogens (tertiary/aromatic N) is 4. The molecule has 3 saturated carbocycles. The average molecular weight is 669 g/mol. The summed E-state index contributed by atoms with van der Waals surface area (Å²) < 4.78 is 13.5. The Morgan fingerprint density at radius 3 is 2.42 bits per heavy atom. The number of carboxylic acids is 1. The van der Waals surface area contributed by atoms with Crippen LogP contribution in [-0.2, 0) is 19.1 Å². The summed E-state index contributed by atoms with van der Waals surface area (Å²) in [6.45, 7) is 22.6. The first-order chi connectivity index (χ1) is 22.2. The number of hydrogen-bond acceptors (Lipinski definition) is 9. The highest BCUT2D eigenvalue weighted by atomic mass is 16.5. The minimum atomic E-state index is -1.05. The van der Waals surface area contributed by atoms with Gasteiger partial charge in [-0.25, -0.2) is 0 Å². The number of nitrogen functional groups attached to an aromatic ring is 1. The number of hydrogen-bond donors (Lipinski definition) is 3. The van der Waals surface area contributed by atoms with Crippen LogP contribution in [0.15, 0.2) is 11.6 Å². The number of allylic oxidation sites excluding steroid dienone is 1. The minimum Gasteiger partial charge on any atom is -0.481 e. The van der Waals surface area contributed by atoms with Crippen LogP contribution >= 0.6 is 0 Å². The van der Waals surface area contributed by atoms with Crippen molar-refractivity contribution in [1.82, 2.24) is 20.2 Å². The number of ketones is 1. The summed E-state index contributed by atoms with van der Waals surface area (Å²) in [5.74, 6) is -0.735. The molecule has 48 heavy (non-hydrogen) atoms. The highest BCUT2D eigenvalue weighted by molar-refractivity contribution is 6.00. The van der Waals surface area contributed by atoms with Crippen molar-refractivity contribution in [3.8, 4) is 0 Å². The first-order valence-corrected chi connectivity index (χ1v) is 18.2. The number of tetrazole rings is 1. The van der Waals surface area contributed by atoms with Crippen LogP contribution in [0.5, 0.6) is 0 Å². The second kappa shape index (κ2) is 11.3. The summed E-state index contributed by atoms with van der Waals surface area (Å²) in [6.07, 6.45) is 5.55. The second-order valence-electron chi connectivity index (χ2n) is 18.4. The number of ether oxygens (including phenoxy) is 2. The molecule has 1 aromatic rings. The van der Waals surface area contributed by atoms with E-state index in [0.717, 1.165) is 31.3 Å². The van der Waals surface area contributed by atoms with Gasteiger partial charge in [0.2, 0.25) is 0 Å². The predicted octanol–water partition coefficient (Wildman–Crippen LogP) is 5.32. The number of anilines is 1. The molecule has 2 unspecified atom stereocenters. The molecular weight excluding hydrogens is 608 g/mol. The van der Waals surface area contributed by atoms with E-state index in [1.54, 1.807) is 4.80 Å². The molecule has 5 aliphatic rings. The number of aromatic nitrogens is 4. The molecule has 11 nitrogen and oxygen atoms in total. The molecular formula is C37H60N6O5. The summed E-state index contributed by atoms with van der Waals surface area (Å²) in [7, 11) is 0. The molecule has 0 aromatic carbocycles. The van der Waals surface area contributed by atoms with Gasteiger partial charge in [0.15, 0.2) is 5.78 Å². The number of aliphatic carboxylic acids is 1. The highest BCUT2D eigenvalue weighted by Gasteiger charge is 2.74. The quantitative estimate of drug-likeness (QED) is 0.330. The highest BCUT2D eigenvalue weighted by Crippen LogP contribution is 2.74. The van der Waals surface area contributed by atoms with E-state index < -0.39 is 44.5 Å². The van der Waals surface area contributed by atoms with Crippen molar-refractivity contribution in [2.45, 2.75) is 119 Å². The SMILES string of the molecule is CC(C)[C@@H](C)[C@@]1(C)CC[C@]2(C)[C@H]3CC[C@H]4C5(C)COC[C@@]4(C[C@@H](n4nnc(N)n4)[C@@H]5OCC(C)(N)C(C)C)C3=CC(=O)[C@@]2(C)[C@@H]1C(=O)O. The van der Waals surface area contributed by atoms with Crippen LogP contribution in [0.2, 0.25) is 0 Å². The Balaban J connectivity index is 1.48. The molecule has 11 heteroatoms. The molecule has 2 bridgehead atoms. The predicted molar refractivity (Wildman–Crippen MR) is 182 cm³/mol. The summed E-state index contributed by atoms with van der Waals surface area (Å²) in [5.41, 5.74) is 10.3. The lowest BCUT2D eigenvalue weighted by atomic mass is 9.34. The third-order valence-corrected chi connectivity index (χ3v) is 15.6. The van der Waals surface area contributed by atoms with Gasteiger partial charge in [-0.05, 0) is 90.7 Å². The Morgan fingerprint density at radius 1 is 1.15 bits per heavy atom. The maximum atomic E-state index is 14.9. The summed E-state index contributed by atoms with van der Waals surface area (Å²) in [6, 6.07) is -0.313. The number of nitrogens with two attached hydrogens (primary N) is 2. The topological polar surface area (TPSA) is 168 Å². The van der Waals surface area contributed by atoms with Gasteiger partial charge in [-0.3, -0.25) is 9.59 Å². The molecule has 1 aliphatic heterocycles. The molecule has 1 aromatic heterocycles. The number of fused-ring (bicyclic) bond motifs is 3. The van der Waals surface area contributed by atoms with E-state index >= 15 is 0 Å². The van der Waals surface area contributed by atoms with Crippen molar-refractivity contribution in [3.63, 3.8) is 0 Å². The molecule has 0 radical (unpaired) electrons. The largest absolute Gasteiger partial charge is 0.481 e. The van der Waals surface area contributed by atoms with Gasteiger partial charge < -0.3 is 26.0 Å². The molecule has 0 amide bonds. The van der Waals surface area contributed by atoms with E-state index in [0.29, 0.717) is 32.2 Å². The summed E-state index contributed by atoms with van der Waals surface area (Å²) >= 11 is 0. The van der Waals surface area contributed by atoms with E-state index in [1.165, 1.54) is 0 Å². The van der Waals surface area contributed by atoms with Gasteiger partial charge in [0.05, 0.1) is 31.8 Å². The van der Waals surface area contributed by atoms with Gasteiger partial charge >= 0.3 is 5.97 Å². The summed E-state index contributed by atoms with van der Waals surface area (Å²) in [5, 5.41) is 23.9. The van der Waals surface area contributed by atoms with Gasteiger partial charge in [-0.2, -0.15) is 4.80 Å². The molecule has 6 rings (SSSR count). The van der Waals surface area contributed by atoms with Gasteiger partial charge in [-0.15, -0.1) is 5.10 Å². The third kappa shape index (κ3) is 4.65. The smallest absolute Gasteiger partial charge is 0.308 e. The zero-order valence-corrected chi connectivity index (χ0v) is 30.9. The van der Waals surface area contributed by atoms with E-state index in [9.17, 15) is 14.7 Å². The number of carbonyl (C=O) groups excluding carboxylic acids is 1. The van der Waals surface area contributed by atoms with E-state index in [2.05, 4.69) is 70.8 Å². The van der Waals surface area contributed by atoms with Crippen molar-refractivity contribution >= 4 is 17.7 Å². The van der Waals surface area contributed by atoms with E-state index in [-0.39, 0.29) is 47.5 Å². The fourth-order valence-electron chi connectivity index (χ4n) is 11.7. The van der Waals surface area contributed by atoms with Crippen molar-refractivity contribution < 1.29 is 24.2 Å². The number of carboxylic acid groups (broad SMARTS) is 1. The minimum absolute atomic E-state index is 0.0447. The molecule has 0 spiro atoms. The Morgan fingerprint density at radius 2 is 1.83 bits per heavy atom. The molecule has 268 valence electrons. The molecule has 2 heterocycles. The van der Waals surface area contributed by atoms with Crippen LogP contribution in [0.25, 0.3) is 0 Å². The van der Waals surface area contributed by atoms with Gasteiger partial charge in [-0.1, -0.05) is 73.0 Å². The average Bonchev–Trinajstić information content (AvgIpc) is 3.43. The normalized spacial score (nSPS) is 44.3. The molecule has 4 aliphatic carbocycles. The van der Waals surface area contributed by atoms with E-state index in [4.69, 9.17) is 20.9 Å². The van der Waals surface area contributed by atoms with Crippen molar-refractivity contribution in [3.05, 3.63) is 11.6 Å². The zero-order chi connectivity index (χ0) is 35.4. The first-order valence-electron chi connectivity index (χ1n) is 18.2. The van der Waals surface area contributed by atoms with Crippen LogP contribution < -0.4 is 11.5 Å². The zero-order valence-electron chi connectivity index (χ0n) is 30.9. The monoisotopic (exact) mass is 668 g/mol. The molecule has 4 fully saturated rings. The molecule has 12 atom stereocenters. The Kier molecular flexibility index (Phi) is 8.36. The lowest BCUT2D eigenvalue weighted by Crippen LogP contribution is -2.70. The number of rotatable bonds is 8. The fraction of sp³-hybridized carbons (Fsp3) is 0.865. The van der Waals surface area contributed by atoms with E-state index in [1.807, 2.05) is 19.9 Å². The Labute approximate surface area is 286 Å². The third-order valence-electron chi connectivity index (χ3n) is 15.6. The van der Waals surface area contributed by atoms with Crippen LogP contribution in [-0.4, -0.2) is 68.5 Å². The van der Waals surface area contributed by atoms with Crippen molar-refractivity contribution in [1.29, 1.82) is 0 Å². The lowest BCUT2D eigenvalue weighted by Gasteiger charge is -2.70. The standard InChI is InChI=1S/C37H60N6O5/c1-20(2)22(5)32(6)13-14-34(8)23-11-12-26-33(7)17-47-19-37(26,24(23)15-27(44)36(34,10)28(32)30(45)46)16-25(43-41-31(38)40-42-43)29(33)48-18-35(9,39)21(3)4/h15,20-23,25-26,28-29H,11-14,16-19,39H2,1-10H3,(H2,38,41)(H,45,46)/t22-,23+,25-,26+,28-,29+,32-,33?,34-,35?,36+,37+/m1/s1. The maximum Gasteiger partial charge on any atom is 0.308 e. The van der Waals surface area contributed by atoms with Crippen LogP contribution in [0, 0.1) is 62.6 Å². The fourth-order valence-corrected chi connectivity index (χ4v) is 11.7. The molecule has 1 saturated heterocycles. The Bertz CT molecular complexity index is 1490. The first kappa shape index (κ1) is 35.5. The van der Waals surface area contributed by atoms with Crippen molar-refractivity contribution in [2.24, 2.45) is 68.3 Å². The second-order valence-corrected chi connectivity index (χ2v) is 18.4. The van der Waals surface area contributed by atoms with Gasteiger partial charge in [0.1, 0.15) is 6.04 Å². The van der Waals surface area contributed by atoms with Crippen LogP contribution in [0.3, 0.4) is 0 Å². The number of carbonyl (C=O) groups is 2. The lowest BCUT2D eigenvalue weighted by molar-refractivity contribution is -0.252. The maximum absolute atomic E-state index is 14.9. The molecule has 5 N–H and O–H groups in total.